The van der Waals surface area contributed by atoms with Crippen LogP contribution in [0, 0.1) is 6.92 Å². The summed E-state index contributed by atoms with van der Waals surface area (Å²) < 4.78 is 5.46. The zero-order valence-corrected chi connectivity index (χ0v) is 16.3. The number of nitrogens with zero attached hydrogens (tertiary/aromatic N) is 3. The van der Waals surface area contributed by atoms with Gasteiger partial charge in [0.2, 0.25) is 0 Å². The van der Waals surface area contributed by atoms with E-state index in [4.69, 9.17) is 4.74 Å². The predicted molar refractivity (Wildman–Crippen MR) is 108 cm³/mol. The van der Waals surface area contributed by atoms with Gasteiger partial charge in [-0.1, -0.05) is 18.2 Å². The van der Waals surface area contributed by atoms with Crippen molar-refractivity contribution in [3.05, 3.63) is 53.2 Å². The lowest BCUT2D eigenvalue weighted by Crippen LogP contribution is -2.37. The van der Waals surface area contributed by atoms with Gasteiger partial charge in [0, 0.05) is 26.2 Å². The fourth-order valence-electron chi connectivity index (χ4n) is 2.48. The SMILES string of the molecule is CCNC(=NCc1ccc(C)cc1OC)NCc1cccc(N(C)C)n1. The van der Waals surface area contributed by atoms with Gasteiger partial charge in [-0.3, -0.25) is 0 Å². The third-order valence-corrected chi connectivity index (χ3v) is 3.88. The van der Waals surface area contributed by atoms with Gasteiger partial charge in [0.25, 0.3) is 0 Å². The van der Waals surface area contributed by atoms with Crippen LogP contribution in [0.2, 0.25) is 0 Å². The van der Waals surface area contributed by atoms with Crippen LogP contribution in [0.25, 0.3) is 0 Å². The lowest BCUT2D eigenvalue weighted by molar-refractivity contribution is 0.409. The van der Waals surface area contributed by atoms with Crippen molar-refractivity contribution < 1.29 is 4.74 Å². The number of hydrogen-bond donors (Lipinski definition) is 2. The van der Waals surface area contributed by atoms with Crippen LogP contribution in [0.5, 0.6) is 5.75 Å². The molecule has 2 aromatic rings. The molecule has 0 bridgehead atoms. The van der Waals surface area contributed by atoms with E-state index in [0.29, 0.717) is 13.1 Å². The first kappa shape index (κ1) is 19.6. The van der Waals surface area contributed by atoms with Crippen molar-refractivity contribution in [2.24, 2.45) is 4.99 Å². The molecule has 140 valence electrons. The molecule has 0 unspecified atom stereocenters. The molecule has 26 heavy (non-hydrogen) atoms. The number of hydrogen-bond acceptors (Lipinski definition) is 4. The van der Waals surface area contributed by atoms with Gasteiger partial charge in [0.05, 0.1) is 25.9 Å². The molecular formula is C20H29N5O. The number of ether oxygens (including phenoxy) is 1. The minimum Gasteiger partial charge on any atom is -0.496 e. The maximum absolute atomic E-state index is 5.46. The van der Waals surface area contributed by atoms with Crippen LogP contribution in [0.3, 0.4) is 0 Å². The van der Waals surface area contributed by atoms with Crippen molar-refractivity contribution in [2.75, 3.05) is 32.6 Å². The molecule has 0 radical (unpaired) electrons. The molecule has 2 N–H and O–H groups in total. The Hall–Kier alpha value is -2.76. The summed E-state index contributed by atoms with van der Waals surface area (Å²) in [6, 6.07) is 12.2. The van der Waals surface area contributed by atoms with E-state index in [0.717, 1.165) is 35.3 Å². The fourth-order valence-corrected chi connectivity index (χ4v) is 2.48. The number of benzene rings is 1. The molecule has 0 saturated carbocycles. The molecule has 0 fully saturated rings. The number of aryl methyl sites for hydroxylation is 1. The summed E-state index contributed by atoms with van der Waals surface area (Å²) >= 11 is 0. The van der Waals surface area contributed by atoms with Gasteiger partial charge in [-0.15, -0.1) is 0 Å². The first-order valence-corrected chi connectivity index (χ1v) is 8.82. The number of guanidine groups is 1. The van der Waals surface area contributed by atoms with Crippen LogP contribution < -0.4 is 20.3 Å². The van der Waals surface area contributed by atoms with Crippen LogP contribution in [-0.4, -0.2) is 38.7 Å². The molecule has 6 heteroatoms. The number of nitrogens with one attached hydrogen (secondary N) is 2. The molecule has 2 rings (SSSR count). The van der Waals surface area contributed by atoms with Gasteiger partial charge in [-0.05, 0) is 37.6 Å². The van der Waals surface area contributed by atoms with E-state index >= 15 is 0 Å². The van der Waals surface area contributed by atoms with E-state index in [9.17, 15) is 0 Å². The number of rotatable bonds is 7. The van der Waals surface area contributed by atoms with E-state index in [1.54, 1.807) is 7.11 Å². The van der Waals surface area contributed by atoms with Gasteiger partial charge < -0.3 is 20.3 Å². The third-order valence-electron chi connectivity index (χ3n) is 3.88. The second kappa shape index (κ2) is 9.65. The Balaban J connectivity index is 2.06. The summed E-state index contributed by atoms with van der Waals surface area (Å²) in [5.74, 6) is 2.56. The molecule has 0 atom stereocenters. The molecule has 0 aliphatic carbocycles. The number of aliphatic imine (C=N–C) groups is 1. The summed E-state index contributed by atoms with van der Waals surface area (Å²) in [5, 5.41) is 6.61. The van der Waals surface area contributed by atoms with Crippen LogP contribution in [0.1, 0.15) is 23.7 Å². The summed E-state index contributed by atoms with van der Waals surface area (Å²) in [4.78, 5) is 11.3. The topological polar surface area (TPSA) is 61.8 Å². The lowest BCUT2D eigenvalue weighted by Gasteiger charge is -2.14. The Morgan fingerprint density at radius 2 is 2.00 bits per heavy atom. The third kappa shape index (κ3) is 5.65. The largest absolute Gasteiger partial charge is 0.496 e. The molecule has 0 aliphatic heterocycles. The second-order valence-corrected chi connectivity index (χ2v) is 6.25. The Morgan fingerprint density at radius 3 is 2.69 bits per heavy atom. The highest BCUT2D eigenvalue weighted by Crippen LogP contribution is 2.20. The standard InChI is InChI=1S/C20H29N5O/c1-6-21-20(22-13-16-11-10-15(2)12-18(16)26-5)23-14-17-8-7-9-19(24-17)25(3)4/h7-12H,6,13-14H2,1-5H3,(H2,21,22,23). The quantitative estimate of drug-likeness (QED) is 0.591. The van der Waals surface area contributed by atoms with E-state index in [2.05, 4.69) is 46.6 Å². The molecule has 0 aliphatic rings. The molecular weight excluding hydrogens is 326 g/mol. The molecule has 0 spiro atoms. The number of pyridine rings is 1. The van der Waals surface area contributed by atoms with Crippen molar-refractivity contribution in [1.29, 1.82) is 0 Å². The summed E-state index contributed by atoms with van der Waals surface area (Å²) in [6.45, 7) is 6.05. The first-order valence-electron chi connectivity index (χ1n) is 8.82. The number of methoxy groups -OCH3 is 1. The van der Waals surface area contributed by atoms with Gasteiger partial charge in [0.15, 0.2) is 5.96 Å². The monoisotopic (exact) mass is 355 g/mol. The van der Waals surface area contributed by atoms with Crippen LogP contribution in [0.15, 0.2) is 41.4 Å². The average Bonchev–Trinajstić information content (AvgIpc) is 2.64. The van der Waals surface area contributed by atoms with Crippen LogP contribution >= 0.6 is 0 Å². The zero-order valence-electron chi connectivity index (χ0n) is 16.3. The van der Waals surface area contributed by atoms with Gasteiger partial charge >= 0.3 is 0 Å². The smallest absolute Gasteiger partial charge is 0.191 e. The predicted octanol–water partition coefficient (Wildman–Crippen LogP) is 2.72. The summed E-state index contributed by atoms with van der Waals surface area (Å²) in [6.07, 6.45) is 0. The van der Waals surface area contributed by atoms with Crippen LogP contribution in [0.4, 0.5) is 5.82 Å². The maximum Gasteiger partial charge on any atom is 0.191 e. The Labute approximate surface area is 156 Å². The summed E-state index contributed by atoms with van der Waals surface area (Å²) in [7, 11) is 5.66. The molecule has 6 nitrogen and oxygen atoms in total. The highest BCUT2D eigenvalue weighted by Gasteiger charge is 2.05. The van der Waals surface area contributed by atoms with Crippen molar-refractivity contribution in [1.82, 2.24) is 15.6 Å². The van der Waals surface area contributed by atoms with E-state index in [1.807, 2.05) is 43.3 Å². The van der Waals surface area contributed by atoms with Gasteiger partial charge in [0.1, 0.15) is 11.6 Å². The Bertz CT molecular complexity index is 743. The highest BCUT2D eigenvalue weighted by atomic mass is 16.5. The van der Waals surface area contributed by atoms with Crippen molar-refractivity contribution in [2.45, 2.75) is 26.9 Å². The Morgan fingerprint density at radius 1 is 1.19 bits per heavy atom. The molecule has 1 heterocycles. The van der Waals surface area contributed by atoms with E-state index < -0.39 is 0 Å². The van der Waals surface area contributed by atoms with Crippen molar-refractivity contribution >= 4 is 11.8 Å². The van der Waals surface area contributed by atoms with Crippen molar-refractivity contribution in [3.63, 3.8) is 0 Å². The fraction of sp³-hybridized carbons (Fsp3) is 0.400. The highest BCUT2D eigenvalue weighted by molar-refractivity contribution is 5.79. The molecule has 1 aromatic heterocycles. The molecule has 0 amide bonds. The average molecular weight is 355 g/mol. The minimum atomic E-state index is 0.546. The zero-order chi connectivity index (χ0) is 18.9. The minimum absolute atomic E-state index is 0.546. The van der Waals surface area contributed by atoms with Crippen molar-refractivity contribution in [3.8, 4) is 5.75 Å². The van der Waals surface area contributed by atoms with Gasteiger partial charge in [-0.2, -0.15) is 0 Å². The summed E-state index contributed by atoms with van der Waals surface area (Å²) in [5.41, 5.74) is 3.20. The van der Waals surface area contributed by atoms with E-state index in [-0.39, 0.29) is 0 Å². The number of aromatic nitrogens is 1. The molecule has 1 aromatic carbocycles. The maximum atomic E-state index is 5.46. The second-order valence-electron chi connectivity index (χ2n) is 6.25. The molecule has 0 saturated heterocycles. The van der Waals surface area contributed by atoms with Crippen LogP contribution in [-0.2, 0) is 13.1 Å². The normalized spacial score (nSPS) is 11.2. The first-order chi connectivity index (χ1) is 12.5. The van der Waals surface area contributed by atoms with Gasteiger partial charge in [-0.25, -0.2) is 9.98 Å². The van der Waals surface area contributed by atoms with E-state index in [1.165, 1.54) is 5.56 Å². The number of anilines is 1. The lowest BCUT2D eigenvalue weighted by atomic mass is 10.1. The Kier molecular flexibility index (Phi) is 7.26.